The van der Waals surface area contributed by atoms with E-state index in [1.54, 1.807) is 24.3 Å². The van der Waals surface area contributed by atoms with E-state index in [1.165, 1.54) is 28.4 Å². The fourth-order valence-electron chi connectivity index (χ4n) is 3.62. The zero-order valence-corrected chi connectivity index (χ0v) is 18.6. The number of aromatic hydroxyl groups is 1. The molecule has 0 aliphatic carbocycles. The molecular weight excluding hydrogens is 426 g/mol. The van der Waals surface area contributed by atoms with Gasteiger partial charge in [-0.1, -0.05) is 18.2 Å². The smallest absolute Gasteiger partial charge is 0.210 e. The fourth-order valence-corrected chi connectivity index (χ4v) is 3.62. The highest BCUT2D eigenvalue weighted by Gasteiger charge is 2.27. The van der Waals surface area contributed by atoms with Gasteiger partial charge >= 0.3 is 0 Å². The van der Waals surface area contributed by atoms with Gasteiger partial charge < -0.3 is 33.8 Å². The minimum absolute atomic E-state index is 0.128. The standard InChI is InChI=1S/C25H23NO7/c1-29-17-11-10-16-20(21(27)14-12-18(30-2)24(32-4)19(13-14)31-3)25(33-23(16)22(17)28)26-15-8-6-5-7-9-15/h5-13,26,28H,1-4H3. The third-order valence-corrected chi connectivity index (χ3v) is 5.20. The van der Waals surface area contributed by atoms with Crippen molar-refractivity contribution in [2.24, 2.45) is 0 Å². The van der Waals surface area contributed by atoms with Crippen LogP contribution in [0.25, 0.3) is 11.0 Å². The van der Waals surface area contributed by atoms with E-state index in [-0.39, 0.29) is 34.3 Å². The van der Waals surface area contributed by atoms with E-state index in [2.05, 4.69) is 5.32 Å². The number of phenols is 1. The Morgan fingerprint density at radius 3 is 2.06 bits per heavy atom. The third-order valence-electron chi connectivity index (χ3n) is 5.20. The lowest BCUT2D eigenvalue weighted by Gasteiger charge is -2.14. The molecule has 0 aliphatic rings. The van der Waals surface area contributed by atoms with Crippen LogP contribution in [0.1, 0.15) is 15.9 Å². The third kappa shape index (κ3) is 3.87. The Labute approximate surface area is 190 Å². The molecule has 33 heavy (non-hydrogen) atoms. The van der Waals surface area contributed by atoms with Crippen molar-refractivity contribution in [2.45, 2.75) is 0 Å². The van der Waals surface area contributed by atoms with Gasteiger partial charge in [0.15, 0.2) is 28.6 Å². The lowest BCUT2D eigenvalue weighted by Crippen LogP contribution is -2.06. The summed E-state index contributed by atoms with van der Waals surface area (Å²) in [5, 5.41) is 14.2. The minimum atomic E-state index is -0.365. The van der Waals surface area contributed by atoms with Crippen molar-refractivity contribution in [1.29, 1.82) is 0 Å². The molecule has 0 atom stereocenters. The number of hydrogen-bond donors (Lipinski definition) is 2. The molecule has 0 fully saturated rings. The number of benzene rings is 3. The Morgan fingerprint density at radius 2 is 1.48 bits per heavy atom. The molecular formula is C25H23NO7. The number of furan rings is 1. The monoisotopic (exact) mass is 449 g/mol. The molecule has 0 saturated heterocycles. The summed E-state index contributed by atoms with van der Waals surface area (Å²) in [4.78, 5) is 13.8. The highest BCUT2D eigenvalue weighted by Crippen LogP contribution is 2.44. The van der Waals surface area contributed by atoms with Crippen LogP contribution in [0.4, 0.5) is 11.6 Å². The first kappa shape index (κ1) is 21.9. The summed E-state index contributed by atoms with van der Waals surface area (Å²) in [6.45, 7) is 0. The van der Waals surface area contributed by atoms with Gasteiger partial charge in [0.1, 0.15) is 0 Å². The summed E-state index contributed by atoms with van der Waals surface area (Å²) in [5.41, 5.74) is 1.37. The molecule has 0 bridgehead atoms. The number of fused-ring (bicyclic) bond motifs is 1. The van der Waals surface area contributed by atoms with Crippen molar-refractivity contribution in [1.82, 2.24) is 0 Å². The zero-order valence-electron chi connectivity index (χ0n) is 18.6. The lowest BCUT2D eigenvalue weighted by molar-refractivity contribution is 0.103. The maximum absolute atomic E-state index is 13.8. The lowest BCUT2D eigenvalue weighted by atomic mass is 10.00. The Hall–Kier alpha value is -4.33. The van der Waals surface area contributed by atoms with E-state index in [0.29, 0.717) is 33.9 Å². The molecule has 4 aromatic rings. The van der Waals surface area contributed by atoms with Crippen LogP contribution in [-0.2, 0) is 0 Å². The van der Waals surface area contributed by atoms with Crippen molar-refractivity contribution in [3.63, 3.8) is 0 Å². The first-order valence-corrected chi connectivity index (χ1v) is 10.0. The van der Waals surface area contributed by atoms with Crippen molar-refractivity contribution in [2.75, 3.05) is 33.8 Å². The summed E-state index contributed by atoms with van der Waals surface area (Å²) in [7, 11) is 5.88. The van der Waals surface area contributed by atoms with E-state index in [9.17, 15) is 9.90 Å². The largest absolute Gasteiger partial charge is 0.502 e. The number of carbonyl (C=O) groups excluding carboxylic acids is 1. The molecule has 8 nitrogen and oxygen atoms in total. The molecule has 170 valence electrons. The van der Waals surface area contributed by atoms with E-state index in [1.807, 2.05) is 30.3 Å². The average Bonchev–Trinajstić information content (AvgIpc) is 3.22. The predicted molar refractivity (Wildman–Crippen MR) is 124 cm³/mol. The molecule has 0 aliphatic heterocycles. The summed E-state index contributed by atoms with van der Waals surface area (Å²) in [6.07, 6.45) is 0. The van der Waals surface area contributed by atoms with Gasteiger partial charge in [-0.15, -0.1) is 0 Å². The number of anilines is 2. The van der Waals surface area contributed by atoms with Crippen LogP contribution in [0.15, 0.2) is 59.0 Å². The Morgan fingerprint density at radius 1 is 0.848 bits per heavy atom. The Balaban J connectivity index is 1.93. The summed E-state index contributed by atoms with van der Waals surface area (Å²) >= 11 is 0. The van der Waals surface area contributed by atoms with Gasteiger partial charge in [0.25, 0.3) is 0 Å². The van der Waals surface area contributed by atoms with Crippen LogP contribution >= 0.6 is 0 Å². The molecule has 1 aromatic heterocycles. The second-order valence-electron chi connectivity index (χ2n) is 7.03. The Bertz CT molecular complexity index is 1290. The number of hydrogen-bond acceptors (Lipinski definition) is 8. The van der Waals surface area contributed by atoms with Crippen molar-refractivity contribution < 1.29 is 33.3 Å². The second-order valence-corrected chi connectivity index (χ2v) is 7.03. The number of phenolic OH excluding ortho intramolecular Hbond substituents is 1. The number of para-hydroxylation sites is 1. The summed E-state index contributed by atoms with van der Waals surface area (Å²) < 4.78 is 27.3. The second kappa shape index (κ2) is 9.04. The zero-order chi connectivity index (χ0) is 23.5. The van der Waals surface area contributed by atoms with Gasteiger partial charge in [0, 0.05) is 16.6 Å². The van der Waals surface area contributed by atoms with Crippen LogP contribution in [0.2, 0.25) is 0 Å². The average molecular weight is 449 g/mol. The Kier molecular flexibility index (Phi) is 5.99. The van der Waals surface area contributed by atoms with Crippen LogP contribution in [0, 0.1) is 0 Å². The normalized spacial score (nSPS) is 10.7. The molecule has 0 amide bonds. The van der Waals surface area contributed by atoms with Crippen molar-refractivity contribution >= 4 is 28.3 Å². The van der Waals surface area contributed by atoms with Crippen molar-refractivity contribution in [3.8, 4) is 28.7 Å². The molecule has 3 aromatic carbocycles. The molecule has 8 heteroatoms. The van der Waals surface area contributed by atoms with Gasteiger partial charge in [0.2, 0.25) is 17.4 Å². The quantitative estimate of drug-likeness (QED) is 0.357. The summed E-state index contributed by atoms with van der Waals surface area (Å²) in [5.74, 6) is 0.905. The van der Waals surface area contributed by atoms with Gasteiger partial charge in [-0.25, -0.2) is 0 Å². The van der Waals surface area contributed by atoms with Crippen LogP contribution in [0.3, 0.4) is 0 Å². The van der Waals surface area contributed by atoms with Gasteiger partial charge in [-0.05, 0) is 36.4 Å². The number of methoxy groups -OCH3 is 4. The number of nitrogens with one attached hydrogen (secondary N) is 1. The molecule has 4 rings (SSSR count). The molecule has 0 spiro atoms. The number of ether oxygens (including phenoxy) is 4. The predicted octanol–water partition coefficient (Wildman–Crippen LogP) is 5.15. The SMILES string of the molecule is COc1cc(C(=O)c2c(Nc3ccccc3)oc3c(O)c(OC)ccc23)cc(OC)c1OC. The minimum Gasteiger partial charge on any atom is -0.502 e. The number of carbonyl (C=O) groups is 1. The van der Waals surface area contributed by atoms with Crippen LogP contribution in [-0.4, -0.2) is 39.3 Å². The van der Waals surface area contributed by atoms with Crippen molar-refractivity contribution in [3.05, 3.63) is 65.7 Å². The first-order valence-electron chi connectivity index (χ1n) is 10.0. The maximum atomic E-state index is 13.8. The topological polar surface area (TPSA) is 99.4 Å². The molecule has 1 heterocycles. The van der Waals surface area contributed by atoms with E-state index in [0.717, 1.165) is 0 Å². The van der Waals surface area contributed by atoms with E-state index in [4.69, 9.17) is 23.4 Å². The molecule has 0 saturated carbocycles. The van der Waals surface area contributed by atoms with Crippen LogP contribution < -0.4 is 24.3 Å². The van der Waals surface area contributed by atoms with Crippen LogP contribution in [0.5, 0.6) is 28.7 Å². The molecule has 2 N–H and O–H groups in total. The highest BCUT2D eigenvalue weighted by molar-refractivity contribution is 6.20. The first-order chi connectivity index (χ1) is 16.0. The van der Waals surface area contributed by atoms with E-state index < -0.39 is 0 Å². The van der Waals surface area contributed by atoms with Gasteiger partial charge in [0.05, 0.1) is 34.0 Å². The maximum Gasteiger partial charge on any atom is 0.210 e. The van der Waals surface area contributed by atoms with Gasteiger partial charge in [-0.3, -0.25) is 4.79 Å². The molecule has 0 radical (unpaired) electrons. The summed E-state index contributed by atoms with van der Waals surface area (Å²) in [6, 6.07) is 15.6. The fraction of sp³-hybridized carbons (Fsp3) is 0.160. The van der Waals surface area contributed by atoms with E-state index >= 15 is 0 Å². The number of rotatable bonds is 8. The molecule has 0 unspecified atom stereocenters. The van der Waals surface area contributed by atoms with Gasteiger partial charge in [-0.2, -0.15) is 0 Å². The highest BCUT2D eigenvalue weighted by atomic mass is 16.5. The number of ketones is 1.